The van der Waals surface area contributed by atoms with Crippen molar-refractivity contribution in [2.45, 2.75) is 32.4 Å². The number of aromatic nitrogens is 5. The van der Waals surface area contributed by atoms with Gasteiger partial charge in [0, 0.05) is 30.8 Å². The van der Waals surface area contributed by atoms with Crippen molar-refractivity contribution >= 4 is 22.1 Å². The van der Waals surface area contributed by atoms with E-state index in [0.717, 1.165) is 47.3 Å². The number of hydrogen-bond donors (Lipinski definition) is 0. The molecule has 1 atom stereocenters. The topological polar surface area (TPSA) is 48.5 Å². The van der Waals surface area contributed by atoms with Gasteiger partial charge < -0.3 is 4.57 Å². The first kappa shape index (κ1) is 16.5. The Bertz CT molecular complexity index is 1340. The molecule has 0 saturated heterocycles. The molecule has 5 heteroatoms. The lowest BCUT2D eigenvalue weighted by Gasteiger charge is -2.09. The molecule has 29 heavy (non-hydrogen) atoms. The van der Waals surface area contributed by atoms with E-state index < -0.39 is 0 Å². The van der Waals surface area contributed by atoms with Crippen molar-refractivity contribution in [1.82, 2.24) is 24.3 Å². The van der Waals surface area contributed by atoms with Crippen LogP contribution in [0.3, 0.4) is 0 Å². The van der Waals surface area contributed by atoms with Crippen LogP contribution >= 0.6 is 0 Å². The minimum absolute atomic E-state index is 0.347. The predicted octanol–water partition coefficient (Wildman–Crippen LogP) is 5.00. The van der Waals surface area contributed by atoms with E-state index in [2.05, 4.69) is 71.1 Å². The van der Waals surface area contributed by atoms with Crippen molar-refractivity contribution in [1.29, 1.82) is 0 Å². The Balaban J connectivity index is 1.40. The first-order chi connectivity index (χ1) is 14.3. The normalized spacial score (nSPS) is 16.0. The Labute approximate surface area is 168 Å². The van der Waals surface area contributed by atoms with Gasteiger partial charge in [-0.15, -0.1) is 0 Å². The van der Waals surface area contributed by atoms with Crippen molar-refractivity contribution in [3.63, 3.8) is 0 Å². The van der Waals surface area contributed by atoms with E-state index in [4.69, 9.17) is 10.1 Å². The van der Waals surface area contributed by atoms with Crippen LogP contribution in [0.5, 0.6) is 0 Å². The molecule has 6 rings (SSSR count). The Morgan fingerprint density at radius 1 is 0.966 bits per heavy atom. The quantitative estimate of drug-likeness (QED) is 0.443. The second-order valence-electron chi connectivity index (χ2n) is 7.61. The summed E-state index contributed by atoms with van der Waals surface area (Å²) in [4.78, 5) is 9.51. The largest absolute Gasteiger partial charge is 0.327 e. The highest BCUT2D eigenvalue weighted by atomic mass is 15.3. The summed E-state index contributed by atoms with van der Waals surface area (Å²) in [6, 6.07) is 21.3. The SMILES string of the molecule is CCn1nc(-c2ccc(C3CCn4c3nc3ccccc34)cc2)c2ncccc21. The third-order valence-corrected chi connectivity index (χ3v) is 6.03. The van der Waals surface area contributed by atoms with Gasteiger partial charge in [0.15, 0.2) is 0 Å². The second kappa shape index (κ2) is 6.27. The summed E-state index contributed by atoms with van der Waals surface area (Å²) < 4.78 is 4.39. The van der Waals surface area contributed by atoms with E-state index in [-0.39, 0.29) is 0 Å². The van der Waals surface area contributed by atoms with Crippen LogP contribution in [0.25, 0.3) is 33.3 Å². The molecule has 0 aliphatic carbocycles. The smallest absolute Gasteiger partial charge is 0.119 e. The van der Waals surface area contributed by atoms with Crippen LogP contribution < -0.4 is 0 Å². The van der Waals surface area contributed by atoms with Crippen LogP contribution in [0, 0.1) is 0 Å². The van der Waals surface area contributed by atoms with Crippen molar-refractivity contribution < 1.29 is 0 Å². The molecule has 5 nitrogen and oxygen atoms in total. The van der Waals surface area contributed by atoms with Gasteiger partial charge in [0.1, 0.15) is 17.0 Å². The fraction of sp³-hybridized carbons (Fsp3) is 0.208. The fourth-order valence-corrected chi connectivity index (χ4v) is 4.62. The number of para-hydroxylation sites is 2. The van der Waals surface area contributed by atoms with Crippen molar-refractivity contribution in [3.05, 3.63) is 78.2 Å². The molecular weight excluding hydrogens is 358 g/mol. The Morgan fingerprint density at radius 3 is 2.66 bits per heavy atom. The van der Waals surface area contributed by atoms with E-state index in [0.29, 0.717) is 5.92 Å². The molecule has 2 aromatic carbocycles. The number of pyridine rings is 1. The lowest BCUT2D eigenvalue weighted by Crippen LogP contribution is -1.98. The molecule has 0 bridgehead atoms. The lowest BCUT2D eigenvalue weighted by atomic mass is 9.95. The van der Waals surface area contributed by atoms with Crippen LogP contribution in [0.2, 0.25) is 0 Å². The van der Waals surface area contributed by atoms with Gasteiger partial charge >= 0.3 is 0 Å². The predicted molar refractivity (Wildman–Crippen MR) is 115 cm³/mol. The van der Waals surface area contributed by atoms with Crippen molar-refractivity contribution in [2.75, 3.05) is 0 Å². The molecular formula is C24H21N5. The molecule has 1 aliphatic rings. The van der Waals surface area contributed by atoms with Gasteiger partial charge in [-0.05, 0) is 43.2 Å². The van der Waals surface area contributed by atoms with Crippen LogP contribution in [0.1, 0.15) is 30.7 Å². The zero-order chi connectivity index (χ0) is 19.4. The van der Waals surface area contributed by atoms with Crippen LogP contribution in [0.4, 0.5) is 0 Å². The summed E-state index contributed by atoms with van der Waals surface area (Å²) in [5.74, 6) is 1.53. The average molecular weight is 379 g/mol. The van der Waals surface area contributed by atoms with E-state index in [9.17, 15) is 0 Å². The lowest BCUT2D eigenvalue weighted by molar-refractivity contribution is 0.686. The summed E-state index contributed by atoms with van der Waals surface area (Å²) >= 11 is 0. The number of rotatable bonds is 3. The molecule has 5 aromatic rings. The number of imidazole rings is 1. The first-order valence-electron chi connectivity index (χ1n) is 10.2. The number of benzene rings is 2. The number of nitrogens with zero attached hydrogens (tertiary/aromatic N) is 5. The highest BCUT2D eigenvalue weighted by Gasteiger charge is 2.27. The van der Waals surface area contributed by atoms with E-state index in [1.807, 2.05) is 16.9 Å². The number of fused-ring (bicyclic) bond motifs is 4. The van der Waals surface area contributed by atoms with Crippen LogP contribution in [-0.2, 0) is 13.1 Å². The van der Waals surface area contributed by atoms with Gasteiger partial charge in [-0.3, -0.25) is 9.67 Å². The minimum Gasteiger partial charge on any atom is -0.327 e. The molecule has 1 aliphatic heterocycles. The van der Waals surface area contributed by atoms with Crippen molar-refractivity contribution in [3.8, 4) is 11.3 Å². The van der Waals surface area contributed by atoms with Crippen LogP contribution in [0.15, 0.2) is 66.9 Å². The molecule has 4 heterocycles. The molecule has 0 amide bonds. The highest BCUT2D eigenvalue weighted by Crippen LogP contribution is 2.37. The summed E-state index contributed by atoms with van der Waals surface area (Å²) in [5.41, 5.74) is 7.75. The van der Waals surface area contributed by atoms with Gasteiger partial charge in [-0.2, -0.15) is 5.10 Å². The average Bonchev–Trinajstić information content (AvgIpc) is 3.45. The maximum atomic E-state index is 4.92. The third-order valence-electron chi connectivity index (χ3n) is 6.03. The number of hydrogen-bond acceptors (Lipinski definition) is 3. The van der Waals surface area contributed by atoms with E-state index >= 15 is 0 Å². The standard InChI is InChI=1S/C24H21N5/c1-2-29-21-8-5-14-25-23(21)22(27-29)17-11-9-16(10-12-17)18-13-15-28-20-7-4-3-6-19(20)26-24(18)28/h3-12,14,18H,2,13,15H2,1H3. The Morgan fingerprint density at radius 2 is 1.79 bits per heavy atom. The summed E-state index contributed by atoms with van der Waals surface area (Å²) in [6.45, 7) is 3.97. The van der Waals surface area contributed by atoms with Gasteiger partial charge in [-0.1, -0.05) is 36.4 Å². The van der Waals surface area contributed by atoms with Gasteiger partial charge in [0.25, 0.3) is 0 Å². The van der Waals surface area contributed by atoms with E-state index in [1.165, 1.54) is 16.9 Å². The molecule has 0 saturated carbocycles. The molecule has 0 N–H and O–H groups in total. The maximum Gasteiger partial charge on any atom is 0.119 e. The molecule has 0 fully saturated rings. The molecule has 142 valence electrons. The highest BCUT2D eigenvalue weighted by molar-refractivity contribution is 5.89. The number of aryl methyl sites for hydroxylation is 2. The second-order valence-corrected chi connectivity index (χ2v) is 7.61. The van der Waals surface area contributed by atoms with Crippen LogP contribution in [-0.4, -0.2) is 24.3 Å². The fourth-order valence-electron chi connectivity index (χ4n) is 4.62. The zero-order valence-electron chi connectivity index (χ0n) is 16.3. The van der Waals surface area contributed by atoms with Gasteiger partial charge in [-0.25, -0.2) is 4.98 Å². The van der Waals surface area contributed by atoms with Gasteiger partial charge in [0.05, 0.1) is 16.6 Å². The molecule has 1 unspecified atom stereocenters. The monoisotopic (exact) mass is 379 g/mol. The first-order valence-corrected chi connectivity index (χ1v) is 10.2. The zero-order valence-corrected chi connectivity index (χ0v) is 16.3. The van der Waals surface area contributed by atoms with E-state index in [1.54, 1.807) is 0 Å². The molecule has 0 spiro atoms. The van der Waals surface area contributed by atoms with Gasteiger partial charge in [0.2, 0.25) is 0 Å². The third kappa shape index (κ3) is 2.43. The maximum absolute atomic E-state index is 4.92. The Kier molecular flexibility index (Phi) is 3.57. The summed E-state index contributed by atoms with van der Waals surface area (Å²) in [5, 5.41) is 4.81. The molecule has 0 radical (unpaired) electrons. The molecule has 3 aromatic heterocycles. The summed E-state index contributed by atoms with van der Waals surface area (Å²) in [7, 11) is 0. The Hall–Kier alpha value is -3.47. The van der Waals surface area contributed by atoms with Crippen molar-refractivity contribution in [2.24, 2.45) is 0 Å². The summed E-state index contributed by atoms with van der Waals surface area (Å²) in [6.07, 6.45) is 2.94. The minimum atomic E-state index is 0.347.